The van der Waals surface area contributed by atoms with Crippen molar-refractivity contribution in [1.82, 2.24) is 25.1 Å². The first kappa shape index (κ1) is 17.9. The van der Waals surface area contributed by atoms with Gasteiger partial charge in [0.2, 0.25) is 5.91 Å². The molecular formula is C20H25N5O2. The Labute approximate surface area is 159 Å². The highest BCUT2D eigenvalue weighted by Crippen LogP contribution is 2.33. The number of piperidine rings is 1. The number of hydrogen-bond acceptors (Lipinski definition) is 5. The van der Waals surface area contributed by atoms with Crippen molar-refractivity contribution in [2.24, 2.45) is 0 Å². The van der Waals surface area contributed by atoms with E-state index in [9.17, 15) is 4.79 Å². The van der Waals surface area contributed by atoms with Crippen molar-refractivity contribution < 1.29 is 9.53 Å². The van der Waals surface area contributed by atoms with Crippen LogP contribution in [0.4, 0.5) is 0 Å². The molecule has 1 saturated heterocycles. The highest BCUT2D eigenvalue weighted by Gasteiger charge is 2.36. The topological polar surface area (TPSA) is 73.1 Å². The predicted molar refractivity (Wildman–Crippen MR) is 100 cm³/mol. The van der Waals surface area contributed by atoms with Gasteiger partial charge in [0.1, 0.15) is 0 Å². The molecule has 2 aliphatic rings. The second-order valence-corrected chi connectivity index (χ2v) is 7.52. The predicted octanol–water partition coefficient (Wildman–Crippen LogP) is 2.24. The second kappa shape index (κ2) is 7.23. The van der Waals surface area contributed by atoms with Crippen LogP contribution < -0.4 is 0 Å². The lowest BCUT2D eigenvalue weighted by Crippen LogP contribution is -2.48. The van der Waals surface area contributed by atoms with E-state index in [0.717, 1.165) is 56.0 Å². The summed E-state index contributed by atoms with van der Waals surface area (Å²) >= 11 is 0. The molecule has 0 unspecified atom stereocenters. The van der Waals surface area contributed by atoms with Crippen molar-refractivity contribution in [2.45, 2.75) is 45.1 Å². The Morgan fingerprint density at radius 3 is 2.56 bits per heavy atom. The summed E-state index contributed by atoms with van der Waals surface area (Å²) < 4.78 is 7.72. The number of ether oxygens (including phenoxy) is 1. The summed E-state index contributed by atoms with van der Waals surface area (Å²) in [6, 6.07) is 7.83. The Morgan fingerprint density at radius 1 is 1.19 bits per heavy atom. The van der Waals surface area contributed by atoms with Gasteiger partial charge in [-0.1, -0.05) is 23.8 Å². The average Bonchev–Trinajstić information content (AvgIpc) is 3.09. The maximum atomic E-state index is 12.7. The molecule has 2 aromatic rings. The van der Waals surface area contributed by atoms with Crippen LogP contribution in [0.15, 0.2) is 35.9 Å². The molecule has 1 aromatic heterocycles. The van der Waals surface area contributed by atoms with E-state index >= 15 is 0 Å². The minimum absolute atomic E-state index is 0.148. The molecule has 1 amide bonds. The van der Waals surface area contributed by atoms with Gasteiger partial charge >= 0.3 is 0 Å². The molecule has 0 bridgehead atoms. The molecule has 0 saturated carbocycles. The summed E-state index contributed by atoms with van der Waals surface area (Å²) in [4.78, 5) is 14.7. The van der Waals surface area contributed by atoms with Gasteiger partial charge in [0.25, 0.3) is 0 Å². The zero-order valence-corrected chi connectivity index (χ0v) is 15.9. The number of carbonyl (C=O) groups is 1. The molecule has 142 valence electrons. The number of aromatic nitrogens is 4. The van der Waals surface area contributed by atoms with Crippen LogP contribution in [-0.4, -0.2) is 56.3 Å². The fraction of sp³-hybridized carbons (Fsp3) is 0.500. The van der Waals surface area contributed by atoms with Crippen LogP contribution in [0.2, 0.25) is 0 Å². The molecular weight excluding hydrogens is 342 g/mol. The average molecular weight is 367 g/mol. The van der Waals surface area contributed by atoms with Gasteiger partial charge in [0.15, 0.2) is 5.82 Å². The van der Waals surface area contributed by atoms with E-state index in [1.54, 1.807) is 4.68 Å². The minimum Gasteiger partial charge on any atom is -0.370 e. The lowest BCUT2D eigenvalue weighted by Gasteiger charge is -2.42. The van der Waals surface area contributed by atoms with Crippen LogP contribution in [0.3, 0.4) is 0 Å². The van der Waals surface area contributed by atoms with E-state index in [1.807, 2.05) is 36.1 Å². The second-order valence-electron chi connectivity index (χ2n) is 7.52. The Balaban J connectivity index is 1.36. The largest absolute Gasteiger partial charge is 0.370 e. The third-order valence-electron chi connectivity index (χ3n) is 5.52. The summed E-state index contributed by atoms with van der Waals surface area (Å²) in [5.74, 6) is 0.906. The number of likely N-dealkylation sites (tertiary alicyclic amines) is 1. The monoisotopic (exact) mass is 367 g/mol. The van der Waals surface area contributed by atoms with Crippen LogP contribution in [0.1, 0.15) is 37.6 Å². The van der Waals surface area contributed by atoms with Crippen molar-refractivity contribution in [1.29, 1.82) is 0 Å². The first-order valence-electron chi connectivity index (χ1n) is 9.49. The lowest BCUT2D eigenvalue weighted by atomic mass is 9.87. The summed E-state index contributed by atoms with van der Waals surface area (Å²) in [5.41, 5.74) is 3.15. The van der Waals surface area contributed by atoms with E-state index < -0.39 is 0 Å². The Kier molecular flexibility index (Phi) is 4.78. The third kappa shape index (κ3) is 3.78. The molecule has 0 radical (unpaired) electrons. The quantitative estimate of drug-likeness (QED) is 0.778. The maximum absolute atomic E-state index is 12.7. The third-order valence-corrected chi connectivity index (χ3v) is 5.52. The van der Waals surface area contributed by atoms with Gasteiger partial charge in [0, 0.05) is 13.1 Å². The molecule has 1 spiro atoms. The van der Waals surface area contributed by atoms with Crippen LogP contribution in [0.5, 0.6) is 0 Å². The number of benzene rings is 1. The van der Waals surface area contributed by atoms with Gasteiger partial charge in [-0.15, -0.1) is 5.10 Å². The van der Waals surface area contributed by atoms with E-state index in [2.05, 4.69) is 28.5 Å². The van der Waals surface area contributed by atoms with E-state index in [0.29, 0.717) is 6.42 Å². The van der Waals surface area contributed by atoms with Gasteiger partial charge < -0.3 is 9.64 Å². The SMILES string of the molecule is CC1=CC2(CCN(C(=O)Cc3ccc(-n4nnnc4C)cc3)CC2)OCC1. The molecule has 0 atom stereocenters. The number of carbonyl (C=O) groups excluding carboxylic acids is 1. The summed E-state index contributed by atoms with van der Waals surface area (Å²) in [5, 5.41) is 11.5. The molecule has 7 nitrogen and oxygen atoms in total. The lowest BCUT2D eigenvalue weighted by molar-refractivity contribution is -0.135. The zero-order valence-electron chi connectivity index (χ0n) is 15.9. The Bertz CT molecular complexity index is 848. The molecule has 27 heavy (non-hydrogen) atoms. The molecule has 1 fully saturated rings. The highest BCUT2D eigenvalue weighted by molar-refractivity contribution is 5.79. The fourth-order valence-electron chi connectivity index (χ4n) is 3.91. The summed E-state index contributed by atoms with van der Waals surface area (Å²) in [7, 11) is 0. The fourth-order valence-corrected chi connectivity index (χ4v) is 3.91. The number of aryl methyl sites for hydroxylation is 1. The van der Waals surface area contributed by atoms with Crippen LogP contribution in [-0.2, 0) is 16.0 Å². The molecule has 0 N–H and O–H groups in total. The minimum atomic E-state index is -0.148. The number of amides is 1. The Morgan fingerprint density at radius 2 is 1.93 bits per heavy atom. The summed E-state index contributed by atoms with van der Waals surface area (Å²) in [6.45, 7) is 6.33. The van der Waals surface area contributed by atoms with Crippen molar-refractivity contribution in [2.75, 3.05) is 19.7 Å². The molecule has 4 rings (SSSR count). The smallest absolute Gasteiger partial charge is 0.226 e. The van der Waals surface area contributed by atoms with Gasteiger partial charge in [-0.3, -0.25) is 4.79 Å². The van der Waals surface area contributed by atoms with Crippen molar-refractivity contribution in [3.8, 4) is 5.69 Å². The first-order chi connectivity index (χ1) is 13.0. The normalized spacial score (nSPS) is 19.2. The van der Waals surface area contributed by atoms with Gasteiger partial charge in [-0.2, -0.15) is 4.68 Å². The standard InChI is InChI=1S/C20H25N5O2/c1-15-7-12-27-20(14-15)8-10-24(11-9-20)19(26)13-17-3-5-18(6-4-17)25-16(2)21-22-23-25/h3-6,14H,7-13H2,1-2H3. The van der Waals surface area contributed by atoms with Crippen molar-refractivity contribution in [3.63, 3.8) is 0 Å². The maximum Gasteiger partial charge on any atom is 0.226 e. The van der Waals surface area contributed by atoms with Crippen molar-refractivity contribution in [3.05, 3.63) is 47.3 Å². The first-order valence-corrected chi connectivity index (χ1v) is 9.49. The molecule has 2 aliphatic heterocycles. The molecule has 3 heterocycles. The van der Waals surface area contributed by atoms with Crippen molar-refractivity contribution >= 4 is 5.91 Å². The van der Waals surface area contributed by atoms with E-state index in [4.69, 9.17) is 4.74 Å². The van der Waals surface area contributed by atoms with Crippen LogP contribution in [0, 0.1) is 6.92 Å². The van der Waals surface area contributed by atoms with Gasteiger partial charge in [-0.25, -0.2) is 0 Å². The molecule has 1 aromatic carbocycles. The molecule has 7 heteroatoms. The number of hydrogen-bond donors (Lipinski definition) is 0. The molecule has 0 aliphatic carbocycles. The van der Waals surface area contributed by atoms with E-state index in [-0.39, 0.29) is 11.5 Å². The highest BCUT2D eigenvalue weighted by atomic mass is 16.5. The van der Waals surface area contributed by atoms with E-state index in [1.165, 1.54) is 5.57 Å². The number of nitrogens with zero attached hydrogens (tertiary/aromatic N) is 5. The number of rotatable bonds is 3. The van der Waals surface area contributed by atoms with Gasteiger partial charge in [0.05, 0.1) is 24.3 Å². The summed E-state index contributed by atoms with van der Waals surface area (Å²) in [6.07, 6.45) is 5.47. The van der Waals surface area contributed by atoms with Gasteiger partial charge in [-0.05, 0) is 61.2 Å². The van der Waals surface area contributed by atoms with Crippen LogP contribution >= 0.6 is 0 Å². The van der Waals surface area contributed by atoms with Crippen LogP contribution in [0.25, 0.3) is 5.69 Å². The Hall–Kier alpha value is -2.54. The zero-order chi connectivity index (χ0) is 18.9. The number of tetrazole rings is 1.